The standard InChI is InChI=1S/C26H20N4OS2/c1-16-10-13-23(32-16)22-15-31-30-25(27-22)24-20-8-4-5-9-21(20)28-29-26(24)33-19-12-11-17-6-2-3-7-18(17)14-19/h2-14,22H,15H2,1H3,(H,27,30)/t22-/m1/s1. The van der Waals surface area contributed by atoms with Crippen molar-refractivity contribution in [2.45, 2.75) is 22.9 Å². The van der Waals surface area contributed by atoms with Gasteiger partial charge in [-0.25, -0.2) is 5.48 Å². The van der Waals surface area contributed by atoms with Crippen molar-refractivity contribution in [3.63, 3.8) is 0 Å². The molecule has 1 aliphatic rings. The lowest BCUT2D eigenvalue weighted by atomic mass is 10.1. The van der Waals surface area contributed by atoms with Crippen LogP contribution in [0.4, 0.5) is 0 Å². The maximum absolute atomic E-state index is 5.79. The predicted octanol–water partition coefficient (Wildman–Crippen LogP) is 6.33. The Kier molecular flexibility index (Phi) is 5.30. The lowest BCUT2D eigenvalue weighted by molar-refractivity contribution is 0.0628. The Morgan fingerprint density at radius 3 is 2.67 bits per heavy atom. The molecule has 1 atom stereocenters. The van der Waals surface area contributed by atoms with Crippen molar-refractivity contribution in [1.29, 1.82) is 0 Å². The number of benzene rings is 3. The van der Waals surface area contributed by atoms with Crippen molar-refractivity contribution in [2.75, 3.05) is 6.61 Å². The average molecular weight is 469 g/mol. The van der Waals surface area contributed by atoms with E-state index >= 15 is 0 Å². The van der Waals surface area contributed by atoms with Crippen LogP contribution in [0.15, 0.2) is 93.8 Å². The van der Waals surface area contributed by atoms with Crippen molar-refractivity contribution in [3.8, 4) is 0 Å². The fourth-order valence-electron chi connectivity index (χ4n) is 3.98. The topological polar surface area (TPSA) is 59.4 Å². The number of hydrogen-bond donors (Lipinski definition) is 1. The van der Waals surface area contributed by atoms with Crippen molar-refractivity contribution in [1.82, 2.24) is 15.7 Å². The molecule has 0 fully saturated rings. The molecule has 0 radical (unpaired) electrons. The monoisotopic (exact) mass is 468 g/mol. The zero-order chi connectivity index (χ0) is 22.2. The van der Waals surface area contributed by atoms with Crippen LogP contribution in [0.1, 0.15) is 21.4 Å². The Morgan fingerprint density at radius 2 is 1.79 bits per heavy atom. The van der Waals surface area contributed by atoms with Gasteiger partial charge in [-0.05, 0) is 48.0 Å². The van der Waals surface area contributed by atoms with E-state index in [1.807, 2.05) is 18.2 Å². The highest BCUT2D eigenvalue weighted by molar-refractivity contribution is 7.99. The second-order valence-corrected chi connectivity index (χ2v) is 10.2. The molecule has 0 spiro atoms. The van der Waals surface area contributed by atoms with E-state index in [1.165, 1.54) is 20.5 Å². The van der Waals surface area contributed by atoms with Gasteiger partial charge in [0.05, 0.1) is 11.1 Å². The number of nitrogens with zero attached hydrogens (tertiary/aromatic N) is 3. The van der Waals surface area contributed by atoms with Crippen LogP contribution in [-0.4, -0.2) is 22.6 Å². The molecule has 2 aromatic heterocycles. The molecule has 1 N–H and O–H groups in total. The van der Waals surface area contributed by atoms with Gasteiger partial charge in [-0.15, -0.1) is 21.5 Å². The zero-order valence-electron chi connectivity index (χ0n) is 17.9. The summed E-state index contributed by atoms with van der Waals surface area (Å²) in [4.78, 5) is 14.4. The molecule has 162 valence electrons. The Labute approximate surface area is 199 Å². The number of hydroxylamine groups is 1. The van der Waals surface area contributed by atoms with E-state index in [-0.39, 0.29) is 6.04 Å². The van der Waals surface area contributed by atoms with Gasteiger partial charge in [-0.3, -0.25) is 9.83 Å². The molecule has 3 heterocycles. The zero-order valence-corrected chi connectivity index (χ0v) is 19.5. The van der Waals surface area contributed by atoms with Crippen LogP contribution in [0.5, 0.6) is 0 Å². The first-order valence-electron chi connectivity index (χ1n) is 10.7. The maximum atomic E-state index is 5.79. The molecule has 7 heteroatoms. The van der Waals surface area contributed by atoms with Crippen molar-refractivity contribution in [3.05, 3.63) is 94.2 Å². The Bertz CT molecular complexity index is 1510. The van der Waals surface area contributed by atoms with Gasteiger partial charge < -0.3 is 0 Å². The summed E-state index contributed by atoms with van der Waals surface area (Å²) >= 11 is 3.35. The van der Waals surface area contributed by atoms with Gasteiger partial charge in [-0.1, -0.05) is 60.3 Å². The highest BCUT2D eigenvalue weighted by Gasteiger charge is 2.24. The number of thiophene rings is 1. The predicted molar refractivity (Wildman–Crippen MR) is 135 cm³/mol. The second kappa shape index (κ2) is 8.59. The third-order valence-electron chi connectivity index (χ3n) is 5.59. The normalized spacial score (nSPS) is 16.0. The summed E-state index contributed by atoms with van der Waals surface area (Å²) in [6.07, 6.45) is 0. The van der Waals surface area contributed by atoms with Crippen LogP contribution in [0.25, 0.3) is 21.7 Å². The molecular formula is C26H20N4OS2. The summed E-state index contributed by atoms with van der Waals surface area (Å²) in [5.41, 5.74) is 4.80. The lowest BCUT2D eigenvalue weighted by Crippen LogP contribution is -2.33. The Morgan fingerprint density at radius 1 is 0.939 bits per heavy atom. The maximum Gasteiger partial charge on any atom is 0.156 e. The fraction of sp³-hybridized carbons (Fsp3) is 0.115. The highest BCUT2D eigenvalue weighted by atomic mass is 32.2. The van der Waals surface area contributed by atoms with Crippen molar-refractivity contribution < 1.29 is 4.84 Å². The van der Waals surface area contributed by atoms with Gasteiger partial charge in [-0.2, -0.15) is 0 Å². The molecule has 0 bridgehead atoms. The quantitative estimate of drug-likeness (QED) is 0.334. The minimum atomic E-state index is -0.0506. The third-order valence-corrected chi connectivity index (χ3v) is 7.66. The smallest absolute Gasteiger partial charge is 0.156 e. The van der Waals surface area contributed by atoms with Crippen LogP contribution in [0, 0.1) is 6.92 Å². The Balaban J connectivity index is 1.47. The average Bonchev–Trinajstić information content (AvgIpc) is 3.30. The summed E-state index contributed by atoms with van der Waals surface area (Å²) in [5, 5.41) is 13.3. The fourth-order valence-corrected chi connectivity index (χ4v) is 5.82. The molecule has 0 unspecified atom stereocenters. The van der Waals surface area contributed by atoms with Crippen LogP contribution >= 0.6 is 23.1 Å². The van der Waals surface area contributed by atoms with Gasteiger partial charge in [0, 0.05) is 20.0 Å². The van der Waals surface area contributed by atoms with E-state index in [4.69, 9.17) is 9.83 Å². The SMILES string of the molecule is Cc1ccc([C@H]2CONC(c3c(Sc4ccc5ccccc5c4)nnc4ccccc34)=N2)s1. The molecule has 1 aliphatic heterocycles. The molecular weight excluding hydrogens is 448 g/mol. The van der Waals surface area contributed by atoms with E-state index < -0.39 is 0 Å². The summed E-state index contributed by atoms with van der Waals surface area (Å²) < 4.78 is 0. The summed E-state index contributed by atoms with van der Waals surface area (Å²) in [6, 6.07) is 27.0. The molecule has 5 aromatic rings. The second-order valence-electron chi connectivity index (χ2n) is 7.86. The number of fused-ring (bicyclic) bond motifs is 2. The van der Waals surface area contributed by atoms with Gasteiger partial charge in [0.15, 0.2) is 5.84 Å². The molecule has 33 heavy (non-hydrogen) atoms. The van der Waals surface area contributed by atoms with Crippen LogP contribution in [0.3, 0.4) is 0 Å². The number of amidine groups is 1. The van der Waals surface area contributed by atoms with E-state index in [9.17, 15) is 0 Å². The summed E-state index contributed by atoms with van der Waals surface area (Å²) in [6.45, 7) is 2.60. The van der Waals surface area contributed by atoms with Crippen molar-refractivity contribution in [2.24, 2.45) is 4.99 Å². The number of nitrogens with one attached hydrogen (secondary N) is 1. The van der Waals surface area contributed by atoms with Crippen LogP contribution in [-0.2, 0) is 4.84 Å². The number of aliphatic imine (C=N–C) groups is 1. The van der Waals surface area contributed by atoms with Crippen LogP contribution in [0.2, 0.25) is 0 Å². The first kappa shape index (κ1) is 20.4. The summed E-state index contributed by atoms with van der Waals surface area (Å²) in [7, 11) is 0. The highest BCUT2D eigenvalue weighted by Crippen LogP contribution is 2.35. The Hall–Kier alpha value is -3.26. The van der Waals surface area contributed by atoms with E-state index in [1.54, 1.807) is 23.1 Å². The molecule has 0 saturated carbocycles. The van der Waals surface area contributed by atoms with Gasteiger partial charge in [0.2, 0.25) is 0 Å². The van der Waals surface area contributed by atoms with Crippen LogP contribution < -0.4 is 5.48 Å². The lowest BCUT2D eigenvalue weighted by Gasteiger charge is -2.23. The summed E-state index contributed by atoms with van der Waals surface area (Å²) in [5.74, 6) is 0.687. The van der Waals surface area contributed by atoms with Gasteiger partial charge >= 0.3 is 0 Å². The van der Waals surface area contributed by atoms with Gasteiger partial charge in [0.1, 0.15) is 17.7 Å². The molecule has 5 nitrogen and oxygen atoms in total. The number of aromatic nitrogens is 2. The molecule has 0 amide bonds. The third kappa shape index (κ3) is 3.99. The molecule has 0 saturated heterocycles. The minimum Gasteiger partial charge on any atom is -0.272 e. The number of hydrogen-bond acceptors (Lipinski definition) is 7. The van der Waals surface area contributed by atoms with E-state index in [0.717, 1.165) is 26.4 Å². The molecule has 3 aromatic carbocycles. The van der Waals surface area contributed by atoms with E-state index in [2.05, 4.69) is 83.3 Å². The first-order valence-corrected chi connectivity index (χ1v) is 12.3. The van der Waals surface area contributed by atoms with Crippen molar-refractivity contribution >= 4 is 50.6 Å². The number of aryl methyl sites for hydroxylation is 1. The molecule has 6 rings (SSSR count). The van der Waals surface area contributed by atoms with E-state index in [0.29, 0.717) is 12.4 Å². The minimum absolute atomic E-state index is 0.0506. The number of rotatable bonds is 4. The van der Waals surface area contributed by atoms with Gasteiger partial charge in [0.25, 0.3) is 0 Å². The molecule has 0 aliphatic carbocycles. The largest absolute Gasteiger partial charge is 0.272 e. The first-order chi connectivity index (χ1) is 16.2.